The van der Waals surface area contributed by atoms with E-state index < -0.39 is 10.0 Å². The average molecular weight is 312 g/mol. The molecule has 1 aromatic rings. The van der Waals surface area contributed by atoms with Crippen LogP contribution in [0.2, 0.25) is 0 Å². The molecule has 0 saturated carbocycles. The molecule has 1 N–H and O–H groups in total. The minimum atomic E-state index is -3.44. The Bertz CT molecular complexity index is 566. The third kappa shape index (κ3) is 4.53. The first-order valence-corrected chi connectivity index (χ1v) is 8.97. The van der Waals surface area contributed by atoms with Crippen LogP contribution in [0.25, 0.3) is 0 Å². The van der Waals surface area contributed by atoms with E-state index in [1.807, 2.05) is 39.0 Å². The van der Waals surface area contributed by atoms with Crippen molar-refractivity contribution in [3.63, 3.8) is 0 Å². The summed E-state index contributed by atoms with van der Waals surface area (Å²) in [4.78, 5) is 0.434. The fraction of sp³-hybridized carbons (Fsp3) is 0.625. The van der Waals surface area contributed by atoms with Crippen molar-refractivity contribution < 1.29 is 8.42 Å². The molecule has 0 amide bonds. The summed E-state index contributed by atoms with van der Waals surface area (Å²) >= 11 is 0. The fourth-order valence-corrected chi connectivity index (χ4v) is 3.71. The quantitative estimate of drug-likeness (QED) is 0.842. The van der Waals surface area contributed by atoms with Crippen LogP contribution >= 0.6 is 0 Å². The summed E-state index contributed by atoms with van der Waals surface area (Å²) in [6, 6.07) is 6.05. The maximum atomic E-state index is 12.7. The van der Waals surface area contributed by atoms with E-state index in [9.17, 15) is 8.42 Å². The van der Waals surface area contributed by atoms with Gasteiger partial charge in [0.05, 0.1) is 4.90 Å². The Kier molecular flexibility index (Phi) is 6.38. The summed E-state index contributed by atoms with van der Waals surface area (Å²) in [5.74, 6) is 0. The van der Waals surface area contributed by atoms with Crippen molar-refractivity contribution in [2.75, 3.05) is 7.05 Å². The lowest BCUT2D eigenvalue weighted by molar-refractivity contribution is 0.410. The van der Waals surface area contributed by atoms with Gasteiger partial charge in [-0.2, -0.15) is 4.31 Å². The van der Waals surface area contributed by atoms with Crippen molar-refractivity contribution in [3.05, 3.63) is 29.3 Å². The number of hydrogen-bond acceptors (Lipinski definition) is 3. The molecule has 120 valence electrons. The van der Waals surface area contributed by atoms with E-state index in [0.29, 0.717) is 23.9 Å². The van der Waals surface area contributed by atoms with Gasteiger partial charge in [-0.3, -0.25) is 0 Å². The molecule has 1 aromatic carbocycles. The van der Waals surface area contributed by atoms with E-state index in [0.717, 1.165) is 11.1 Å². The predicted octanol–water partition coefficient (Wildman–Crippen LogP) is 2.78. The average Bonchev–Trinajstić information content (AvgIpc) is 2.43. The highest BCUT2D eigenvalue weighted by Gasteiger charge is 2.25. The number of hydrogen-bond donors (Lipinski definition) is 1. The molecule has 21 heavy (non-hydrogen) atoms. The first-order valence-electron chi connectivity index (χ1n) is 7.53. The van der Waals surface area contributed by atoms with Gasteiger partial charge in [-0.1, -0.05) is 32.9 Å². The molecule has 0 atom stereocenters. The van der Waals surface area contributed by atoms with Gasteiger partial charge >= 0.3 is 0 Å². The lowest BCUT2D eigenvalue weighted by Crippen LogP contribution is -2.33. The van der Waals surface area contributed by atoms with E-state index in [4.69, 9.17) is 0 Å². The van der Waals surface area contributed by atoms with Crippen molar-refractivity contribution in [1.82, 2.24) is 9.62 Å². The van der Waals surface area contributed by atoms with Gasteiger partial charge < -0.3 is 5.32 Å². The Balaban J connectivity index is 3.22. The molecule has 5 heteroatoms. The van der Waals surface area contributed by atoms with Crippen LogP contribution in [-0.2, 0) is 23.0 Å². The SMILES string of the molecule is CCc1ccc(CNC(C)C)cc1S(=O)(=O)N(C)C(C)C. The Morgan fingerprint density at radius 3 is 2.29 bits per heavy atom. The second-order valence-corrected chi connectivity index (χ2v) is 7.91. The van der Waals surface area contributed by atoms with Crippen LogP contribution < -0.4 is 5.32 Å². The second-order valence-electron chi connectivity index (χ2n) is 5.95. The van der Waals surface area contributed by atoms with Gasteiger partial charge in [0.1, 0.15) is 0 Å². The second kappa shape index (κ2) is 7.38. The van der Waals surface area contributed by atoms with Gasteiger partial charge in [0.15, 0.2) is 0 Å². The van der Waals surface area contributed by atoms with Crippen molar-refractivity contribution in [1.29, 1.82) is 0 Å². The van der Waals surface area contributed by atoms with Gasteiger partial charge in [-0.15, -0.1) is 0 Å². The smallest absolute Gasteiger partial charge is 0.243 e. The number of sulfonamides is 1. The Hall–Kier alpha value is -0.910. The zero-order chi connectivity index (χ0) is 16.2. The molecule has 0 radical (unpaired) electrons. The summed E-state index contributed by atoms with van der Waals surface area (Å²) in [6.07, 6.45) is 0.707. The molecule has 0 spiro atoms. The molecule has 0 heterocycles. The van der Waals surface area contributed by atoms with Crippen molar-refractivity contribution >= 4 is 10.0 Å². The molecule has 4 nitrogen and oxygen atoms in total. The lowest BCUT2D eigenvalue weighted by Gasteiger charge is -2.23. The predicted molar refractivity (Wildman–Crippen MR) is 87.9 cm³/mol. The van der Waals surface area contributed by atoms with Gasteiger partial charge in [0.25, 0.3) is 0 Å². The molecule has 0 aliphatic heterocycles. The summed E-state index contributed by atoms with van der Waals surface area (Å²) in [6.45, 7) is 10.6. The molecule has 0 aliphatic rings. The van der Waals surface area contributed by atoms with Gasteiger partial charge in [-0.25, -0.2) is 8.42 Å². The summed E-state index contributed by atoms with van der Waals surface area (Å²) in [5, 5.41) is 3.32. The highest BCUT2D eigenvalue weighted by Crippen LogP contribution is 2.23. The third-order valence-electron chi connectivity index (χ3n) is 3.61. The maximum absolute atomic E-state index is 12.7. The highest BCUT2D eigenvalue weighted by molar-refractivity contribution is 7.89. The molecular weight excluding hydrogens is 284 g/mol. The van der Waals surface area contributed by atoms with Crippen LogP contribution in [0, 0.1) is 0 Å². The fourth-order valence-electron chi connectivity index (χ4n) is 2.00. The van der Waals surface area contributed by atoms with Crippen LogP contribution in [0.1, 0.15) is 45.7 Å². The van der Waals surface area contributed by atoms with Crippen molar-refractivity contribution in [2.24, 2.45) is 0 Å². The Morgan fingerprint density at radius 2 is 1.81 bits per heavy atom. The topological polar surface area (TPSA) is 49.4 Å². The minimum Gasteiger partial charge on any atom is -0.310 e. The number of nitrogens with one attached hydrogen (secondary N) is 1. The first-order chi connectivity index (χ1) is 9.70. The first kappa shape index (κ1) is 18.1. The summed E-state index contributed by atoms with van der Waals surface area (Å²) in [7, 11) is -1.80. The number of aryl methyl sites for hydroxylation is 1. The molecule has 0 aromatic heterocycles. The molecule has 0 bridgehead atoms. The number of rotatable bonds is 7. The van der Waals surface area contributed by atoms with E-state index in [2.05, 4.69) is 19.2 Å². The largest absolute Gasteiger partial charge is 0.310 e. The lowest BCUT2D eigenvalue weighted by atomic mass is 10.1. The molecular formula is C16H28N2O2S. The Morgan fingerprint density at radius 1 is 1.19 bits per heavy atom. The summed E-state index contributed by atoms with van der Waals surface area (Å²) < 4.78 is 26.9. The van der Waals surface area contributed by atoms with E-state index in [1.165, 1.54) is 4.31 Å². The molecule has 0 saturated heterocycles. The summed E-state index contributed by atoms with van der Waals surface area (Å²) in [5.41, 5.74) is 1.87. The van der Waals surface area contributed by atoms with Crippen molar-refractivity contribution in [3.8, 4) is 0 Å². The number of nitrogens with zero attached hydrogens (tertiary/aromatic N) is 1. The highest BCUT2D eigenvalue weighted by atomic mass is 32.2. The number of benzene rings is 1. The van der Waals surface area contributed by atoms with Gasteiger partial charge in [0.2, 0.25) is 10.0 Å². The van der Waals surface area contributed by atoms with Crippen LogP contribution in [-0.4, -0.2) is 31.9 Å². The minimum absolute atomic E-state index is 0.0582. The monoisotopic (exact) mass is 312 g/mol. The van der Waals surface area contributed by atoms with E-state index in [-0.39, 0.29) is 6.04 Å². The zero-order valence-electron chi connectivity index (χ0n) is 14.0. The van der Waals surface area contributed by atoms with Gasteiger partial charge in [-0.05, 0) is 37.5 Å². The van der Waals surface area contributed by atoms with E-state index in [1.54, 1.807) is 7.05 Å². The Labute approximate surface area is 129 Å². The maximum Gasteiger partial charge on any atom is 0.243 e. The third-order valence-corrected chi connectivity index (χ3v) is 5.73. The normalized spacial score (nSPS) is 12.6. The van der Waals surface area contributed by atoms with Crippen LogP contribution in [0.15, 0.2) is 23.1 Å². The molecule has 1 rings (SSSR count). The molecule has 0 aliphatic carbocycles. The molecule has 0 unspecified atom stereocenters. The molecule has 0 fully saturated rings. The zero-order valence-corrected chi connectivity index (χ0v) is 14.8. The van der Waals surface area contributed by atoms with E-state index >= 15 is 0 Å². The van der Waals surface area contributed by atoms with Crippen molar-refractivity contribution in [2.45, 2.75) is 64.6 Å². The van der Waals surface area contributed by atoms with Crippen LogP contribution in [0.4, 0.5) is 0 Å². The van der Waals surface area contributed by atoms with Crippen LogP contribution in [0.3, 0.4) is 0 Å². The van der Waals surface area contributed by atoms with Crippen LogP contribution in [0.5, 0.6) is 0 Å². The standard InChI is InChI=1S/C16H28N2O2S/c1-7-15-9-8-14(11-17-12(2)3)10-16(15)21(19,20)18(6)13(4)5/h8-10,12-13,17H,7,11H2,1-6H3. The van der Waals surface area contributed by atoms with Gasteiger partial charge in [0, 0.05) is 25.7 Å².